The maximum atomic E-state index is 12.0. The average Bonchev–Trinajstić information content (AvgIpc) is 3.04. The summed E-state index contributed by atoms with van der Waals surface area (Å²) in [5.74, 6) is 0.900. The van der Waals surface area contributed by atoms with Crippen LogP contribution in [0.25, 0.3) is 0 Å². The van der Waals surface area contributed by atoms with Gasteiger partial charge in [0.1, 0.15) is 6.10 Å². The van der Waals surface area contributed by atoms with Gasteiger partial charge in [-0.15, -0.1) is 0 Å². The molecule has 0 aliphatic heterocycles. The van der Waals surface area contributed by atoms with Crippen LogP contribution in [0.4, 0.5) is 0 Å². The van der Waals surface area contributed by atoms with Crippen molar-refractivity contribution >= 4 is 5.97 Å². The Bertz CT molecular complexity index is 938. The summed E-state index contributed by atoms with van der Waals surface area (Å²) < 4.78 is 5.83. The maximum Gasteiger partial charge on any atom is 0.303 e. The molecule has 2 saturated carbocycles. The van der Waals surface area contributed by atoms with Crippen LogP contribution < -0.4 is 0 Å². The molecule has 4 heteroatoms. The number of hydrogen-bond acceptors (Lipinski definition) is 4. The van der Waals surface area contributed by atoms with Gasteiger partial charge >= 0.3 is 5.97 Å². The molecule has 0 amide bonds. The zero-order valence-electron chi connectivity index (χ0n) is 24.4. The standard InChI is InChI=1S/C32H52O4/c1-20(25(36-21(2)33)14-16-28(3,4)35)22-12-18-32(9)24-10-11-26-29(5,6)27(34)15-17-30(26,7)23(24)13-19-31(22,32)8/h14,16,20,22,25-27,34-35H,10-13,15,17-19H2,1-9H3/b16-14-/t20-,22+,25?,26-,27?,30+,31+,32-/m0/s1. The largest absolute Gasteiger partial charge is 0.458 e. The molecule has 4 aliphatic rings. The van der Waals surface area contributed by atoms with Crippen molar-refractivity contribution in [2.45, 2.75) is 131 Å². The summed E-state index contributed by atoms with van der Waals surface area (Å²) in [6, 6.07) is 0. The van der Waals surface area contributed by atoms with Crippen molar-refractivity contribution in [3.05, 3.63) is 23.3 Å². The van der Waals surface area contributed by atoms with E-state index in [-0.39, 0.29) is 45.8 Å². The number of rotatable bonds is 5. The molecule has 36 heavy (non-hydrogen) atoms. The third-order valence-corrected chi connectivity index (χ3v) is 11.9. The van der Waals surface area contributed by atoms with E-state index in [4.69, 9.17) is 4.74 Å². The lowest BCUT2D eigenvalue weighted by atomic mass is 9.43. The lowest BCUT2D eigenvalue weighted by Gasteiger charge is -2.62. The van der Waals surface area contributed by atoms with E-state index in [1.807, 2.05) is 6.08 Å². The molecular weight excluding hydrogens is 448 g/mol. The maximum absolute atomic E-state index is 12.0. The number of hydrogen-bond donors (Lipinski definition) is 2. The van der Waals surface area contributed by atoms with Gasteiger partial charge < -0.3 is 14.9 Å². The molecule has 4 aliphatic carbocycles. The van der Waals surface area contributed by atoms with Gasteiger partial charge in [-0.05, 0) is 105 Å². The summed E-state index contributed by atoms with van der Waals surface area (Å²) in [7, 11) is 0. The highest BCUT2D eigenvalue weighted by Gasteiger charge is 2.63. The van der Waals surface area contributed by atoms with E-state index in [2.05, 4.69) is 41.5 Å². The van der Waals surface area contributed by atoms with Gasteiger partial charge in [0.25, 0.3) is 0 Å². The minimum atomic E-state index is -0.938. The summed E-state index contributed by atoms with van der Waals surface area (Å²) in [5.41, 5.74) is 2.99. The number of esters is 1. The van der Waals surface area contributed by atoms with Gasteiger partial charge in [0, 0.05) is 12.8 Å². The summed E-state index contributed by atoms with van der Waals surface area (Å²) >= 11 is 0. The van der Waals surface area contributed by atoms with Crippen LogP contribution in [0.1, 0.15) is 114 Å². The average molecular weight is 501 g/mol. The first-order valence-corrected chi connectivity index (χ1v) is 14.5. The van der Waals surface area contributed by atoms with Crippen LogP contribution in [0.3, 0.4) is 0 Å². The Morgan fingerprint density at radius 1 is 1.03 bits per heavy atom. The van der Waals surface area contributed by atoms with Crippen molar-refractivity contribution in [1.29, 1.82) is 0 Å². The van der Waals surface area contributed by atoms with Crippen LogP contribution in [-0.4, -0.2) is 34.0 Å². The summed E-state index contributed by atoms with van der Waals surface area (Å²) in [6.45, 7) is 19.4. The molecule has 2 fully saturated rings. The van der Waals surface area contributed by atoms with Gasteiger partial charge in [0.2, 0.25) is 0 Å². The molecule has 8 atom stereocenters. The lowest BCUT2D eigenvalue weighted by molar-refractivity contribution is -0.148. The Hall–Kier alpha value is -1.13. The molecule has 0 bridgehead atoms. The first-order valence-electron chi connectivity index (χ1n) is 14.5. The van der Waals surface area contributed by atoms with Crippen molar-refractivity contribution in [3.63, 3.8) is 0 Å². The summed E-state index contributed by atoms with van der Waals surface area (Å²) in [4.78, 5) is 12.0. The molecule has 0 aromatic heterocycles. The van der Waals surface area contributed by atoms with Crippen LogP contribution in [0, 0.1) is 39.4 Å². The fourth-order valence-corrected chi connectivity index (χ4v) is 9.63. The van der Waals surface area contributed by atoms with Gasteiger partial charge in [0.05, 0.1) is 11.7 Å². The van der Waals surface area contributed by atoms with E-state index in [9.17, 15) is 15.0 Å². The Morgan fingerprint density at radius 3 is 2.31 bits per heavy atom. The number of ether oxygens (including phenoxy) is 1. The van der Waals surface area contributed by atoms with Gasteiger partial charge in [-0.2, -0.15) is 0 Å². The number of carbonyl (C=O) groups is 1. The van der Waals surface area contributed by atoms with Gasteiger partial charge in [-0.3, -0.25) is 4.79 Å². The van der Waals surface area contributed by atoms with Crippen LogP contribution in [-0.2, 0) is 9.53 Å². The molecule has 0 radical (unpaired) electrons. The predicted octanol–water partition coefficient (Wildman–Crippen LogP) is 6.99. The molecule has 2 unspecified atom stereocenters. The minimum Gasteiger partial charge on any atom is -0.458 e. The smallest absolute Gasteiger partial charge is 0.303 e. The molecule has 0 saturated heterocycles. The van der Waals surface area contributed by atoms with Crippen molar-refractivity contribution in [1.82, 2.24) is 0 Å². The van der Waals surface area contributed by atoms with Crippen molar-refractivity contribution in [3.8, 4) is 0 Å². The second kappa shape index (κ2) is 8.97. The highest BCUT2D eigenvalue weighted by Crippen LogP contribution is 2.72. The third kappa shape index (κ3) is 4.23. The monoisotopic (exact) mass is 500 g/mol. The van der Waals surface area contributed by atoms with Crippen LogP contribution in [0.15, 0.2) is 23.3 Å². The molecule has 0 spiro atoms. The van der Waals surface area contributed by atoms with Crippen molar-refractivity contribution in [2.75, 3.05) is 0 Å². The quantitative estimate of drug-likeness (QED) is 0.315. The molecule has 4 nitrogen and oxygen atoms in total. The Balaban J connectivity index is 1.68. The van der Waals surface area contributed by atoms with Crippen LogP contribution in [0.5, 0.6) is 0 Å². The predicted molar refractivity (Wildman–Crippen MR) is 145 cm³/mol. The minimum absolute atomic E-state index is 0.0377. The van der Waals surface area contributed by atoms with E-state index in [1.54, 1.807) is 31.1 Å². The topological polar surface area (TPSA) is 66.8 Å². The Kier molecular flexibility index (Phi) is 6.95. The van der Waals surface area contributed by atoms with Gasteiger partial charge in [-0.25, -0.2) is 0 Å². The first kappa shape index (κ1) is 27.9. The highest BCUT2D eigenvalue weighted by atomic mass is 16.5. The molecular formula is C32H52O4. The fourth-order valence-electron chi connectivity index (χ4n) is 9.63. The Morgan fingerprint density at radius 2 is 1.69 bits per heavy atom. The van der Waals surface area contributed by atoms with Gasteiger partial charge in [0.15, 0.2) is 0 Å². The van der Waals surface area contributed by atoms with E-state index in [1.165, 1.54) is 26.2 Å². The normalized spacial score (nSPS) is 41.9. The Labute approximate surface area is 220 Å². The van der Waals surface area contributed by atoms with Crippen LogP contribution in [0.2, 0.25) is 0 Å². The van der Waals surface area contributed by atoms with Crippen molar-refractivity contribution in [2.24, 2.45) is 39.4 Å². The molecule has 2 N–H and O–H groups in total. The second-order valence-electron chi connectivity index (χ2n) is 14.7. The highest BCUT2D eigenvalue weighted by molar-refractivity contribution is 5.66. The number of carbonyl (C=O) groups excluding carboxylic acids is 1. The molecule has 0 aromatic rings. The van der Waals surface area contributed by atoms with E-state index < -0.39 is 5.60 Å². The van der Waals surface area contributed by atoms with E-state index in [0.29, 0.717) is 11.8 Å². The summed E-state index contributed by atoms with van der Waals surface area (Å²) in [5, 5.41) is 21.1. The fraction of sp³-hybridized carbons (Fsp3) is 0.844. The SMILES string of the molecule is CC(=O)OC(/C=C\C(C)(C)O)[C@@H](C)[C@H]1CC[C@@]2(C)C3=C(CC[C@]12C)[C@@]1(C)CCC(O)C(C)(C)[C@@H]1CC3. The van der Waals surface area contributed by atoms with Gasteiger partial charge in [-0.1, -0.05) is 58.8 Å². The molecule has 0 heterocycles. The molecule has 4 rings (SSSR count). The zero-order valence-corrected chi connectivity index (χ0v) is 24.4. The van der Waals surface area contributed by atoms with E-state index >= 15 is 0 Å². The lowest BCUT2D eigenvalue weighted by Crippen LogP contribution is -2.55. The number of aliphatic hydroxyl groups excluding tert-OH is 1. The second-order valence-corrected chi connectivity index (χ2v) is 14.7. The molecule has 204 valence electrons. The summed E-state index contributed by atoms with van der Waals surface area (Å²) in [6.07, 6.45) is 12.2. The zero-order chi connectivity index (χ0) is 26.9. The number of allylic oxidation sites excluding steroid dienone is 2. The number of fused-ring (bicyclic) bond motifs is 4. The number of aliphatic hydroxyl groups is 2. The third-order valence-electron chi connectivity index (χ3n) is 11.9. The van der Waals surface area contributed by atoms with Crippen molar-refractivity contribution < 1.29 is 19.7 Å². The van der Waals surface area contributed by atoms with E-state index in [0.717, 1.165) is 32.1 Å². The molecule has 0 aromatic carbocycles. The van der Waals surface area contributed by atoms with Crippen LogP contribution >= 0.6 is 0 Å². The first-order chi connectivity index (χ1) is 16.5.